The fourth-order valence-corrected chi connectivity index (χ4v) is 0.764. The van der Waals surface area contributed by atoms with Gasteiger partial charge in [-0.25, -0.2) is 9.78 Å². The largest absolute Gasteiger partial charge is 0.479 e. The van der Waals surface area contributed by atoms with Crippen LogP contribution in [0.5, 0.6) is 6.01 Å². The molecule has 0 aliphatic rings. The van der Waals surface area contributed by atoms with Gasteiger partial charge >= 0.3 is 18.2 Å². The van der Waals surface area contributed by atoms with Crippen LogP contribution in [0.1, 0.15) is 12.6 Å². The number of carboxylic acids is 1. The normalized spacial score (nSPS) is 13.2. The zero-order valence-corrected chi connectivity index (χ0v) is 8.02. The molecule has 0 amide bonds. The Kier molecular flexibility index (Phi) is 3.31. The topological polar surface area (TPSA) is 72.3 Å². The highest BCUT2D eigenvalue weighted by molar-refractivity contribution is 5.72. The molecule has 16 heavy (non-hydrogen) atoms. The summed E-state index contributed by atoms with van der Waals surface area (Å²) in [4.78, 5) is 16.8. The van der Waals surface area contributed by atoms with E-state index in [2.05, 4.69) is 14.7 Å². The Hall–Kier alpha value is -1.86. The monoisotopic (exact) mass is 236 g/mol. The van der Waals surface area contributed by atoms with Crippen molar-refractivity contribution in [2.45, 2.75) is 19.2 Å². The molecule has 1 aromatic heterocycles. The molecule has 1 aromatic rings. The van der Waals surface area contributed by atoms with Gasteiger partial charge in [0.25, 0.3) is 0 Å². The maximum atomic E-state index is 12.2. The first-order valence-electron chi connectivity index (χ1n) is 4.10. The van der Waals surface area contributed by atoms with Crippen LogP contribution in [0.3, 0.4) is 0 Å². The van der Waals surface area contributed by atoms with Gasteiger partial charge in [-0.2, -0.15) is 18.2 Å². The Morgan fingerprint density at radius 3 is 2.69 bits per heavy atom. The van der Waals surface area contributed by atoms with Gasteiger partial charge in [-0.05, 0) is 13.0 Å². The number of hydrogen-bond acceptors (Lipinski definition) is 4. The summed E-state index contributed by atoms with van der Waals surface area (Å²) >= 11 is 0. The number of carboxylic acid groups (broad SMARTS) is 1. The molecule has 0 saturated heterocycles. The molecule has 88 valence electrons. The third-order valence-electron chi connectivity index (χ3n) is 1.55. The lowest BCUT2D eigenvalue weighted by molar-refractivity contribution is -0.144. The van der Waals surface area contributed by atoms with E-state index in [4.69, 9.17) is 5.11 Å². The molecule has 0 fully saturated rings. The Labute approximate surface area is 87.9 Å². The quantitative estimate of drug-likeness (QED) is 0.857. The number of nitrogens with zero attached hydrogens (tertiary/aromatic N) is 2. The van der Waals surface area contributed by atoms with E-state index in [1.54, 1.807) is 0 Å². The molecule has 0 radical (unpaired) electrons. The number of aromatic nitrogens is 2. The molecule has 0 aliphatic carbocycles. The molecular formula is C8H7F3N2O3. The zero-order chi connectivity index (χ0) is 12.3. The molecule has 0 spiro atoms. The van der Waals surface area contributed by atoms with E-state index in [0.717, 1.165) is 13.1 Å². The van der Waals surface area contributed by atoms with E-state index in [1.807, 2.05) is 0 Å². The maximum Gasteiger partial charge on any atom is 0.433 e. The van der Waals surface area contributed by atoms with Crippen LogP contribution in [0.25, 0.3) is 0 Å². The Bertz CT molecular complexity index is 394. The third kappa shape index (κ3) is 3.07. The Balaban J connectivity index is 2.87. The third-order valence-corrected chi connectivity index (χ3v) is 1.55. The van der Waals surface area contributed by atoms with Crippen LogP contribution in [-0.2, 0) is 11.0 Å². The maximum absolute atomic E-state index is 12.2. The minimum absolute atomic E-state index is 0.621. The Morgan fingerprint density at radius 2 is 2.19 bits per heavy atom. The van der Waals surface area contributed by atoms with Crippen molar-refractivity contribution >= 4 is 5.97 Å². The SMILES string of the molecule is CC(Oc1nccc(C(F)(F)F)n1)C(=O)O. The van der Waals surface area contributed by atoms with Crippen LogP contribution in [0.2, 0.25) is 0 Å². The molecule has 1 rings (SSSR count). The summed E-state index contributed by atoms with van der Waals surface area (Å²) in [6.45, 7) is 1.16. The molecule has 1 atom stereocenters. The standard InChI is InChI=1S/C8H7F3N2O3/c1-4(6(14)15)16-7-12-3-2-5(13-7)8(9,10)11/h2-4H,1H3,(H,14,15). The lowest BCUT2D eigenvalue weighted by atomic mass is 10.4. The van der Waals surface area contributed by atoms with Crippen molar-refractivity contribution in [2.75, 3.05) is 0 Å². The first kappa shape index (κ1) is 12.2. The van der Waals surface area contributed by atoms with Crippen molar-refractivity contribution in [1.82, 2.24) is 9.97 Å². The molecule has 0 aliphatic heterocycles. The highest BCUT2D eigenvalue weighted by Crippen LogP contribution is 2.27. The predicted molar refractivity (Wildman–Crippen MR) is 44.8 cm³/mol. The number of ether oxygens (including phenoxy) is 1. The predicted octanol–water partition coefficient (Wildman–Crippen LogP) is 1.35. The van der Waals surface area contributed by atoms with Gasteiger partial charge in [-0.3, -0.25) is 0 Å². The first-order valence-corrected chi connectivity index (χ1v) is 4.10. The van der Waals surface area contributed by atoms with Gasteiger partial charge in [0, 0.05) is 6.20 Å². The first-order chi connectivity index (χ1) is 7.30. The van der Waals surface area contributed by atoms with Gasteiger partial charge in [-0.1, -0.05) is 0 Å². The van der Waals surface area contributed by atoms with Gasteiger partial charge in [0.2, 0.25) is 0 Å². The van der Waals surface area contributed by atoms with Crippen molar-refractivity contribution in [2.24, 2.45) is 0 Å². The number of carbonyl (C=O) groups is 1. The fourth-order valence-electron chi connectivity index (χ4n) is 0.764. The van der Waals surface area contributed by atoms with E-state index < -0.39 is 30.0 Å². The molecule has 0 saturated carbocycles. The van der Waals surface area contributed by atoms with E-state index in [1.165, 1.54) is 0 Å². The molecular weight excluding hydrogens is 229 g/mol. The summed E-state index contributed by atoms with van der Waals surface area (Å²) in [5.74, 6) is -1.32. The molecule has 0 aromatic carbocycles. The van der Waals surface area contributed by atoms with Gasteiger partial charge in [0.15, 0.2) is 11.8 Å². The van der Waals surface area contributed by atoms with Crippen molar-refractivity contribution in [3.63, 3.8) is 0 Å². The summed E-state index contributed by atoms with van der Waals surface area (Å²) in [7, 11) is 0. The summed E-state index contributed by atoms with van der Waals surface area (Å²) in [6.07, 6.45) is -5.09. The summed E-state index contributed by atoms with van der Waals surface area (Å²) in [5.41, 5.74) is -1.19. The number of rotatable bonds is 3. The second kappa shape index (κ2) is 4.33. The summed E-state index contributed by atoms with van der Waals surface area (Å²) < 4.78 is 41.2. The Morgan fingerprint density at radius 1 is 1.56 bits per heavy atom. The van der Waals surface area contributed by atoms with Crippen LogP contribution >= 0.6 is 0 Å². The van der Waals surface area contributed by atoms with Crippen molar-refractivity contribution in [3.05, 3.63) is 18.0 Å². The smallest absolute Gasteiger partial charge is 0.433 e. The minimum atomic E-state index is -4.62. The van der Waals surface area contributed by atoms with Crippen LogP contribution in [0.4, 0.5) is 13.2 Å². The van der Waals surface area contributed by atoms with Crippen molar-refractivity contribution in [3.8, 4) is 6.01 Å². The molecule has 8 heteroatoms. The van der Waals surface area contributed by atoms with Crippen LogP contribution in [-0.4, -0.2) is 27.1 Å². The van der Waals surface area contributed by atoms with E-state index in [9.17, 15) is 18.0 Å². The lowest BCUT2D eigenvalue weighted by Crippen LogP contribution is -2.24. The van der Waals surface area contributed by atoms with E-state index in [0.29, 0.717) is 6.07 Å². The molecule has 1 heterocycles. The van der Waals surface area contributed by atoms with Crippen molar-refractivity contribution < 1.29 is 27.8 Å². The average molecular weight is 236 g/mol. The lowest BCUT2D eigenvalue weighted by Gasteiger charge is -2.10. The molecule has 1 unspecified atom stereocenters. The zero-order valence-electron chi connectivity index (χ0n) is 8.02. The van der Waals surface area contributed by atoms with Crippen LogP contribution < -0.4 is 4.74 Å². The van der Waals surface area contributed by atoms with Crippen molar-refractivity contribution in [1.29, 1.82) is 0 Å². The van der Waals surface area contributed by atoms with Gasteiger partial charge < -0.3 is 9.84 Å². The van der Waals surface area contributed by atoms with Crippen LogP contribution in [0, 0.1) is 0 Å². The molecule has 5 nitrogen and oxygen atoms in total. The highest BCUT2D eigenvalue weighted by Gasteiger charge is 2.33. The summed E-state index contributed by atoms with van der Waals surface area (Å²) in [6, 6.07) is 0.0443. The number of alkyl halides is 3. The van der Waals surface area contributed by atoms with E-state index in [-0.39, 0.29) is 0 Å². The molecule has 0 bridgehead atoms. The fraction of sp³-hybridized carbons (Fsp3) is 0.375. The average Bonchev–Trinajstić information content (AvgIpc) is 2.16. The molecule has 1 N–H and O–H groups in total. The second-order valence-electron chi connectivity index (χ2n) is 2.82. The number of hydrogen-bond donors (Lipinski definition) is 1. The minimum Gasteiger partial charge on any atom is -0.479 e. The highest BCUT2D eigenvalue weighted by atomic mass is 19.4. The number of aliphatic carboxylic acids is 1. The van der Waals surface area contributed by atoms with Gasteiger partial charge in [-0.15, -0.1) is 0 Å². The number of halogens is 3. The second-order valence-corrected chi connectivity index (χ2v) is 2.82. The van der Waals surface area contributed by atoms with Gasteiger partial charge in [0.05, 0.1) is 0 Å². The van der Waals surface area contributed by atoms with E-state index >= 15 is 0 Å². The van der Waals surface area contributed by atoms with Gasteiger partial charge in [0.1, 0.15) is 0 Å². The summed E-state index contributed by atoms with van der Waals surface area (Å²) in [5, 5.41) is 8.47. The van der Waals surface area contributed by atoms with Crippen LogP contribution in [0.15, 0.2) is 12.3 Å².